The topological polar surface area (TPSA) is 150 Å². The number of H-pyrrole nitrogens is 1. The summed E-state index contributed by atoms with van der Waals surface area (Å²) >= 11 is 0. The van der Waals surface area contributed by atoms with Crippen LogP contribution in [0.15, 0.2) is 24.3 Å². The van der Waals surface area contributed by atoms with Crippen LogP contribution in [0.25, 0.3) is 10.9 Å². The Morgan fingerprint density at radius 3 is 2.66 bits per heavy atom. The number of fused-ring (bicyclic) bond motifs is 2. The number of benzene rings is 1. The highest BCUT2D eigenvalue weighted by atomic mass is 16.5. The first-order chi connectivity index (χ1) is 19.8. The van der Waals surface area contributed by atoms with Gasteiger partial charge < -0.3 is 30.6 Å². The van der Waals surface area contributed by atoms with Crippen molar-refractivity contribution in [3.05, 3.63) is 30.0 Å². The summed E-state index contributed by atoms with van der Waals surface area (Å²) in [6.07, 6.45) is 5.07. The van der Waals surface area contributed by atoms with E-state index >= 15 is 0 Å². The molecule has 5 atom stereocenters. The summed E-state index contributed by atoms with van der Waals surface area (Å²) in [7, 11) is 1.58. The van der Waals surface area contributed by atoms with Gasteiger partial charge in [0.25, 0.3) is 11.8 Å². The SMILES string of the molecule is COc1cccc2[nH]c(C(=O)N3C[C@@H]4CCC[C@@H]4[C@H]3NC(=O)C(C[C@@H]3CCCNC3=O)C(=O)C(=O)NC3CC3)cc12. The first-order valence-corrected chi connectivity index (χ1v) is 14.7. The van der Waals surface area contributed by atoms with Gasteiger partial charge in [0, 0.05) is 41.9 Å². The number of nitrogens with zero attached hydrogens (tertiary/aromatic N) is 1. The van der Waals surface area contributed by atoms with E-state index in [2.05, 4.69) is 20.9 Å². The molecule has 2 saturated carbocycles. The van der Waals surface area contributed by atoms with Crippen LogP contribution >= 0.6 is 0 Å². The van der Waals surface area contributed by atoms with E-state index in [0.29, 0.717) is 31.0 Å². The lowest BCUT2D eigenvalue weighted by molar-refractivity contribution is -0.145. The molecule has 1 unspecified atom stereocenters. The lowest BCUT2D eigenvalue weighted by Crippen LogP contribution is -2.54. The van der Waals surface area contributed by atoms with Gasteiger partial charge in [0.05, 0.1) is 7.11 Å². The van der Waals surface area contributed by atoms with Crippen molar-refractivity contribution in [3.8, 4) is 5.75 Å². The largest absolute Gasteiger partial charge is 0.496 e. The lowest BCUT2D eigenvalue weighted by Gasteiger charge is -2.31. The smallest absolute Gasteiger partial charge is 0.288 e. The Morgan fingerprint density at radius 2 is 1.90 bits per heavy atom. The Bertz CT molecular complexity index is 1380. The molecule has 1 aromatic carbocycles. The average Bonchev–Trinajstić information content (AvgIpc) is 3.34. The van der Waals surface area contributed by atoms with E-state index in [9.17, 15) is 24.0 Å². The third-order valence-electron chi connectivity index (χ3n) is 9.20. The van der Waals surface area contributed by atoms with E-state index in [4.69, 9.17) is 4.74 Å². The monoisotopic (exact) mass is 563 g/mol. The molecule has 11 heteroatoms. The molecule has 0 radical (unpaired) electrons. The zero-order valence-corrected chi connectivity index (χ0v) is 23.2. The van der Waals surface area contributed by atoms with Crippen LogP contribution in [0.1, 0.15) is 61.9 Å². The molecule has 2 aliphatic carbocycles. The molecule has 3 heterocycles. The highest BCUT2D eigenvalue weighted by Crippen LogP contribution is 2.42. The molecule has 4 amide bonds. The Labute approximate surface area is 238 Å². The van der Waals surface area contributed by atoms with Crippen LogP contribution in [0.4, 0.5) is 0 Å². The van der Waals surface area contributed by atoms with Crippen molar-refractivity contribution in [3.63, 3.8) is 0 Å². The number of ether oxygens (including phenoxy) is 1. The molecule has 2 aromatic rings. The van der Waals surface area contributed by atoms with E-state index in [1.165, 1.54) is 0 Å². The minimum Gasteiger partial charge on any atom is -0.496 e. The van der Waals surface area contributed by atoms with Gasteiger partial charge in [0.2, 0.25) is 17.6 Å². The molecule has 2 aliphatic heterocycles. The van der Waals surface area contributed by atoms with E-state index in [-0.39, 0.29) is 36.1 Å². The molecule has 4 aliphatic rings. The maximum atomic E-state index is 13.9. The van der Waals surface area contributed by atoms with Crippen LogP contribution in [-0.4, -0.2) is 71.7 Å². The van der Waals surface area contributed by atoms with Crippen LogP contribution < -0.4 is 20.7 Å². The van der Waals surface area contributed by atoms with Gasteiger partial charge in [0.1, 0.15) is 23.5 Å². The number of carbonyl (C=O) groups excluding carboxylic acids is 5. The van der Waals surface area contributed by atoms with Crippen molar-refractivity contribution in [2.75, 3.05) is 20.2 Å². The fourth-order valence-electron chi connectivity index (χ4n) is 6.84. The molecule has 0 spiro atoms. The summed E-state index contributed by atoms with van der Waals surface area (Å²) in [6.45, 7) is 1.05. The molecular formula is C30H37N5O6. The summed E-state index contributed by atoms with van der Waals surface area (Å²) in [5.74, 6) is -3.56. The van der Waals surface area contributed by atoms with Gasteiger partial charge in [-0.25, -0.2) is 0 Å². The number of amides is 4. The van der Waals surface area contributed by atoms with Gasteiger partial charge >= 0.3 is 0 Å². The second-order valence-corrected chi connectivity index (χ2v) is 11.9. The summed E-state index contributed by atoms with van der Waals surface area (Å²) in [6, 6.07) is 7.27. The highest BCUT2D eigenvalue weighted by Gasteiger charge is 2.48. The number of piperidine rings is 1. The first-order valence-electron chi connectivity index (χ1n) is 14.7. The van der Waals surface area contributed by atoms with Crippen molar-refractivity contribution in [2.45, 2.75) is 63.6 Å². The molecule has 2 saturated heterocycles. The predicted octanol–water partition coefficient (Wildman–Crippen LogP) is 1.87. The molecule has 4 fully saturated rings. The summed E-state index contributed by atoms with van der Waals surface area (Å²) in [5.41, 5.74) is 1.16. The number of ketones is 1. The lowest BCUT2D eigenvalue weighted by atomic mass is 9.85. The Hall–Kier alpha value is -3.89. The quantitative estimate of drug-likeness (QED) is 0.270. The molecule has 41 heavy (non-hydrogen) atoms. The standard InChI is InChI=1S/C30H37N5O6/c1-41-24-9-3-8-22-20(24)14-23(33-22)30(40)35-15-17-5-2-7-19(17)26(35)34-28(38)21(13-16-6-4-12-31-27(16)37)25(36)29(39)32-18-10-11-18/h3,8-9,14,16-19,21,26,33H,2,4-7,10-13,15H2,1H3,(H,31,37)(H,32,39)(H,34,38)/t16-,17-,19-,21?,26-/m0/s1. The van der Waals surface area contributed by atoms with Gasteiger partial charge in [-0.2, -0.15) is 0 Å². The maximum Gasteiger partial charge on any atom is 0.288 e. The van der Waals surface area contributed by atoms with Crippen LogP contribution in [0.2, 0.25) is 0 Å². The molecule has 11 nitrogen and oxygen atoms in total. The summed E-state index contributed by atoms with van der Waals surface area (Å²) in [5, 5.41) is 9.29. The van der Waals surface area contributed by atoms with Crippen LogP contribution in [0.3, 0.4) is 0 Å². The zero-order valence-electron chi connectivity index (χ0n) is 23.2. The number of nitrogens with one attached hydrogen (secondary N) is 4. The average molecular weight is 564 g/mol. The van der Waals surface area contributed by atoms with Gasteiger partial charge in [-0.15, -0.1) is 0 Å². The zero-order chi connectivity index (χ0) is 28.7. The highest BCUT2D eigenvalue weighted by molar-refractivity contribution is 6.40. The second-order valence-electron chi connectivity index (χ2n) is 11.9. The van der Waals surface area contributed by atoms with E-state index in [1.54, 1.807) is 18.1 Å². The minimum absolute atomic E-state index is 0.0365. The summed E-state index contributed by atoms with van der Waals surface area (Å²) < 4.78 is 5.45. The summed E-state index contributed by atoms with van der Waals surface area (Å²) in [4.78, 5) is 71.2. The van der Waals surface area contributed by atoms with Crippen LogP contribution in [0, 0.1) is 23.7 Å². The normalized spacial score (nSPS) is 26.3. The number of methoxy groups -OCH3 is 1. The Kier molecular flexibility index (Phi) is 7.44. The molecule has 1 aromatic heterocycles. The number of aromatic amines is 1. The molecule has 218 valence electrons. The number of Topliss-reactive ketones (excluding diaryl/α,β-unsaturated/α-hetero) is 1. The minimum atomic E-state index is -1.31. The fourth-order valence-corrected chi connectivity index (χ4v) is 6.84. The van der Waals surface area contributed by atoms with Gasteiger partial charge in [0.15, 0.2) is 0 Å². The van der Waals surface area contributed by atoms with Gasteiger partial charge in [-0.3, -0.25) is 24.0 Å². The Balaban J connectivity index is 1.25. The molecule has 4 N–H and O–H groups in total. The van der Waals surface area contributed by atoms with E-state index < -0.39 is 35.6 Å². The molecular weight excluding hydrogens is 526 g/mol. The number of aromatic nitrogens is 1. The number of rotatable bonds is 9. The van der Waals surface area contributed by atoms with Gasteiger partial charge in [-0.05, 0) is 69.1 Å². The third kappa shape index (κ3) is 5.41. The van der Waals surface area contributed by atoms with E-state index in [0.717, 1.165) is 49.4 Å². The van der Waals surface area contributed by atoms with Crippen molar-refractivity contribution in [1.82, 2.24) is 25.8 Å². The first kappa shape index (κ1) is 27.3. The number of hydrogen-bond donors (Lipinski definition) is 4. The van der Waals surface area contributed by atoms with Crippen molar-refractivity contribution in [1.29, 1.82) is 0 Å². The van der Waals surface area contributed by atoms with Crippen LogP contribution in [0.5, 0.6) is 5.75 Å². The second kappa shape index (κ2) is 11.2. The maximum absolute atomic E-state index is 13.9. The van der Waals surface area contributed by atoms with Crippen molar-refractivity contribution < 1.29 is 28.7 Å². The Morgan fingerprint density at radius 1 is 1.07 bits per heavy atom. The van der Waals surface area contributed by atoms with Crippen LogP contribution in [-0.2, 0) is 19.2 Å². The molecule has 0 bridgehead atoms. The van der Waals surface area contributed by atoms with E-state index in [1.807, 2.05) is 18.2 Å². The molecule has 6 rings (SSSR count). The van der Waals surface area contributed by atoms with Crippen molar-refractivity contribution >= 4 is 40.3 Å². The third-order valence-corrected chi connectivity index (χ3v) is 9.20. The van der Waals surface area contributed by atoms with Crippen molar-refractivity contribution in [2.24, 2.45) is 23.7 Å². The number of hydrogen-bond acceptors (Lipinski definition) is 6. The fraction of sp³-hybridized carbons (Fsp3) is 0.567. The number of likely N-dealkylation sites (tertiary alicyclic amines) is 1. The number of carbonyl (C=O) groups is 5. The van der Waals surface area contributed by atoms with Gasteiger partial charge in [-0.1, -0.05) is 12.5 Å². The predicted molar refractivity (Wildman–Crippen MR) is 149 cm³/mol.